The monoisotopic (exact) mass is 373 g/mol. The standard InChI is InChI=1S/C19H21F2N5O/c1-2-26-17-9-25(8-16(17)24-18(26)7-22)12-6-15(23)19(27-10-12)13-5-11(20)3-4-14(13)21/h3-5,12,15,19H,2,6,8-10,23H2,1H3/t12?,15-,19+/m0/s1. The second-order valence-electron chi connectivity index (χ2n) is 7.06. The van der Waals surface area contributed by atoms with E-state index < -0.39 is 23.8 Å². The molecule has 3 heterocycles. The fourth-order valence-corrected chi connectivity index (χ4v) is 4.12. The molecule has 1 aromatic heterocycles. The quantitative estimate of drug-likeness (QED) is 0.892. The minimum atomic E-state index is -0.658. The van der Waals surface area contributed by atoms with Gasteiger partial charge in [0.25, 0.3) is 0 Å². The van der Waals surface area contributed by atoms with Gasteiger partial charge in [0.2, 0.25) is 5.82 Å². The number of imidazole rings is 1. The molecular formula is C19H21F2N5O. The topological polar surface area (TPSA) is 80.1 Å². The van der Waals surface area contributed by atoms with E-state index in [-0.39, 0.29) is 11.6 Å². The number of rotatable bonds is 3. The first-order valence-corrected chi connectivity index (χ1v) is 9.06. The van der Waals surface area contributed by atoms with Gasteiger partial charge in [0.05, 0.1) is 18.0 Å². The Kier molecular flexibility index (Phi) is 4.68. The van der Waals surface area contributed by atoms with Crippen molar-refractivity contribution < 1.29 is 13.5 Å². The number of halogens is 2. The first-order chi connectivity index (χ1) is 13.0. The maximum atomic E-state index is 14.1. The Hall–Kier alpha value is -2.34. The Morgan fingerprint density at radius 1 is 1.37 bits per heavy atom. The number of hydrogen-bond donors (Lipinski definition) is 1. The fourth-order valence-electron chi connectivity index (χ4n) is 4.12. The molecule has 6 nitrogen and oxygen atoms in total. The number of hydrogen-bond acceptors (Lipinski definition) is 5. The molecule has 1 fully saturated rings. The Bertz CT molecular complexity index is 906. The summed E-state index contributed by atoms with van der Waals surface area (Å²) in [4.78, 5) is 6.65. The lowest BCUT2D eigenvalue weighted by molar-refractivity contribution is -0.0535. The molecule has 1 aromatic carbocycles. The Balaban J connectivity index is 1.47. The molecular weight excluding hydrogens is 352 g/mol. The largest absolute Gasteiger partial charge is 0.370 e. The third-order valence-corrected chi connectivity index (χ3v) is 5.46. The number of benzene rings is 1. The van der Waals surface area contributed by atoms with Crippen molar-refractivity contribution in [3.63, 3.8) is 0 Å². The SMILES string of the molecule is CCn1c(C#N)nc2c1CN(C1CO[C@H](c3cc(F)ccc3F)[C@@H](N)C1)C2. The molecule has 2 N–H and O–H groups in total. The summed E-state index contributed by atoms with van der Waals surface area (Å²) >= 11 is 0. The molecule has 2 aliphatic rings. The Morgan fingerprint density at radius 2 is 2.19 bits per heavy atom. The first-order valence-electron chi connectivity index (χ1n) is 9.06. The molecule has 0 spiro atoms. The van der Waals surface area contributed by atoms with E-state index in [0.717, 1.165) is 29.6 Å². The van der Waals surface area contributed by atoms with Gasteiger partial charge >= 0.3 is 0 Å². The van der Waals surface area contributed by atoms with Crippen LogP contribution in [0, 0.1) is 23.0 Å². The Labute approximate surface area is 156 Å². The second kappa shape index (κ2) is 7.00. The maximum absolute atomic E-state index is 14.1. The highest BCUT2D eigenvalue weighted by molar-refractivity contribution is 5.28. The summed E-state index contributed by atoms with van der Waals surface area (Å²) < 4.78 is 35.4. The summed E-state index contributed by atoms with van der Waals surface area (Å²) in [6.07, 6.45) is -0.0445. The normalized spacial score (nSPS) is 25.4. The van der Waals surface area contributed by atoms with E-state index in [1.54, 1.807) is 0 Å². The number of fused-ring (bicyclic) bond motifs is 1. The van der Waals surface area contributed by atoms with Crippen LogP contribution < -0.4 is 5.73 Å². The molecule has 3 atom stereocenters. The van der Waals surface area contributed by atoms with E-state index in [0.29, 0.717) is 38.5 Å². The highest BCUT2D eigenvalue weighted by atomic mass is 19.1. The van der Waals surface area contributed by atoms with Gasteiger partial charge in [-0.05, 0) is 31.5 Å². The van der Waals surface area contributed by atoms with E-state index in [9.17, 15) is 14.0 Å². The van der Waals surface area contributed by atoms with Gasteiger partial charge < -0.3 is 15.0 Å². The van der Waals surface area contributed by atoms with Crippen molar-refractivity contribution in [3.8, 4) is 6.07 Å². The van der Waals surface area contributed by atoms with E-state index in [2.05, 4.69) is 16.0 Å². The van der Waals surface area contributed by atoms with Crippen LogP contribution in [-0.2, 0) is 24.4 Å². The van der Waals surface area contributed by atoms with Crippen molar-refractivity contribution in [1.82, 2.24) is 14.5 Å². The number of nitrogens with two attached hydrogens (primary N) is 1. The van der Waals surface area contributed by atoms with E-state index in [4.69, 9.17) is 10.5 Å². The lowest BCUT2D eigenvalue weighted by Gasteiger charge is -2.38. The summed E-state index contributed by atoms with van der Waals surface area (Å²) in [5.41, 5.74) is 8.41. The Morgan fingerprint density at radius 3 is 2.89 bits per heavy atom. The van der Waals surface area contributed by atoms with Crippen LogP contribution >= 0.6 is 0 Å². The van der Waals surface area contributed by atoms with E-state index in [1.807, 2.05) is 11.5 Å². The van der Waals surface area contributed by atoms with Crippen molar-refractivity contribution in [3.05, 3.63) is 52.6 Å². The molecule has 0 saturated carbocycles. The van der Waals surface area contributed by atoms with Crippen LogP contribution in [-0.4, -0.2) is 33.1 Å². The van der Waals surface area contributed by atoms with Crippen molar-refractivity contribution in [2.45, 2.75) is 51.2 Å². The zero-order chi connectivity index (χ0) is 19.1. The molecule has 8 heteroatoms. The number of aromatic nitrogens is 2. The number of nitriles is 1. The summed E-state index contributed by atoms with van der Waals surface area (Å²) in [6.45, 7) is 4.38. The molecule has 0 bridgehead atoms. The van der Waals surface area contributed by atoms with Crippen molar-refractivity contribution in [2.24, 2.45) is 5.73 Å². The minimum absolute atomic E-state index is 0.0675. The molecule has 0 radical (unpaired) electrons. The second-order valence-corrected chi connectivity index (χ2v) is 7.06. The first kappa shape index (κ1) is 18.0. The van der Waals surface area contributed by atoms with Crippen molar-refractivity contribution >= 4 is 0 Å². The molecule has 2 aliphatic heterocycles. The van der Waals surface area contributed by atoms with Crippen LogP contribution in [0.15, 0.2) is 18.2 Å². The van der Waals surface area contributed by atoms with Gasteiger partial charge in [-0.3, -0.25) is 4.90 Å². The van der Waals surface area contributed by atoms with Crippen LogP contribution in [0.3, 0.4) is 0 Å². The molecule has 27 heavy (non-hydrogen) atoms. The minimum Gasteiger partial charge on any atom is -0.370 e. The lowest BCUT2D eigenvalue weighted by atomic mass is 9.93. The molecule has 4 rings (SSSR count). The average molecular weight is 373 g/mol. The third-order valence-electron chi connectivity index (χ3n) is 5.46. The summed E-state index contributed by atoms with van der Waals surface area (Å²) in [5.74, 6) is -0.565. The maximum Gasteiger partial charge on any atom is 0.213 e. The van der Waals surface area contributed by atoms with Crippen molar-refractivity contribution in [1.29, 1.82) is 5.26 Å². The van der Waals surface area contributed by atoms with Crippen LogP contribution in [0.2, 0.25) is 0 Å². The zero-order valence-corrected chi connectivity index (χ0v) is 15.0. The molecule has 0 amide bonds. The molecule has 142 valence electrons. The molecule has 1 unspecified atom stereocenters. The summed E-state index contributed by atoms with van der Waals surface area (Å²) in [6, 6.07) is 5.11. The van der Waals surface area contributed by atoms with Crippen molar-refractivity contribution in [2.75, 3.05) is 6.61 Å². The predicted molar refractivity (Wildman–Crippen MR) is 93.3 cm³/mol. The summed E-state index contributed by atoms with van der Waals surface area (Å²) in [7, 11) is 0. The number of nitrogens with zero attached hydrogens (tertiary/aromatic N) is 4. The van der Waals surface area contributed by atoms with E-state index in [1.165, 1.54) is 0 Å². The van der Waals surface area contributed by atoms with Crippen LogP contribution in [0.25, 0.3) is 0 Å². The number of ether oxygens (including phenoxy) is 1. The smallest absolute Gasteiger partial charge is 0.213 e. The van der Waals surface area contributed by atoms with Gasteiger partial charge in [-0.15, -0.1) is 0 Å². The fraction of sp³-hybridized carbons (Fsp3) is 0.474. The van der Waals surface area contributed by atoms with Gasteiger partial charge in [0.15, 0.2) is 0 Å². The van der Waals surface area contributed by atoms with Gasteiger partial charge in [-0.1, -0.05) is 0 Å². The van der Waals surface area contributed by atoms with Gasteiger partial charge in [0, 0.05) is 37.3 Å². The average Bonchev–Trinajstić information content (AvgIpc) is 3.21. The van der Waals surface area contributed by atoms with E-state index >= 15 is 0 Å². The van der Waals surface area contributed by atoms with Gasteiger partial charge in [-0.2, -0.15) is 5.26 Å². The van der Waals surface area contributed by atoms with Crippen LogP contribution in [0.1, 0.15) is 42.2 Å². The third kappa shape index (κ3) is 3.12. The molecule has 0 aliphatic carbocycles. The highest BCUT2D eigenvalue weighted by Gasteiger charge is 2.37. The zero-order valence-electron chi connectivity index (χ0n) is 15.0. The van der Waals surface area contributed by atoms with Gasteiger partial charge in [0.1, 0.15) is 23.8 Å². The van der Waals surface area contributed by atoms with Crippen LogP contribution in [0.5, 0.6) is 0 Å². The molecule has 1 saturated heterocycles. The highest BCUT2D eigenvalue weighted by Crippen LogP contribution is 2.34. The lowest BCUT2D eigenvalue weighted by Crippen LogP contribution is -2.47. The van der Waals surface area contributed by atoms with Gasteiger partial charge in [-0.25, -0.2) is 13.8 Å². The summed E-state index contributed by atoms with van der Waals surface area (Å²) in [5, 5.41) is 9.19. The predicted octanol–water partition coefficient (Wildman–Crippen LogP) is 2.23. The molecule has 2 aromatic rings. The van der Waals surface area contributed by atoms with Crippen LogP contribution in [0.4, 0.5) is 8.78 Å².